The third-order valence-electron chi connectivity index (χ3n) is 5.68. The molecular weight excluding hydrogens is 380 g/mol. The fourth-order valence-corrected chi connectivity index (χ4v) is 4.16. The maximum absolute atomic E-state index is 13.1. The van der Waals surface area contributed by atoms with Gasteiger partial charge in [0.05, 0.1) is 26.4 Å². The molecule has 1 N–H and O–H groups in total. The predicted octanol–water partition coefficient (Wildman–Crippen LogP) is 3.56. The molecular formula is C24H30N2O4. The molecule has 30 heavy (non-hydrogen) atoms. The molecule has 2 aromatic carbocycles. The van der Waals surface area contributed by atoms with Crippen LogP contribution in [0.25, 0.3) is 0 Å². The SMILES string of the molecule is COc1ccc2c(c1)[C@@H](NC(=O)c1cccc(CN3CCOCC3)c1)CC(C)(C)O2. The van der Waals surface area contributed by atoms with E-state index in [4.69, 9.17) is 14.2 Å². The van der Waals surface area contributed by atoms with Crippen LogP contribution in [0.3, 0.4) is 0 Å². The molecule has 0 radical (unpaired) electrons. The molecule has 0 bridgehead atoms. The number of benzene rings is 2. The Hall–Kier alpha value is -2.57. The summed E-state index contributed by atoms with van der Waals surface area (Å²) in [7, 11) is 1.64. The number of hydrogen-bond donors (Lipinski definition) is 1. The Morgan fingerprint density at radius 3 is 2.77 bits per heavy atom. The average molecular weight is 411 g/mol. The maximum atomic E-state index is 13.1. The number of nitrogens with one attached hydrogen (secondary N) is 1. The van der Waals surface area contributed by atoms with Gasteiger partial charge >= 0.3 is 0 Å². The number of fused-ring (bicyclic) bond motifs is 1. The van der Waals surface area contributed by atoms with Crippen molar-refractivity contribution in [3.8, 4) is 11.5 Å². The number of rotatable bonds is 5. The second-order valence-corrected chi connectivity index (χ2v) is 8.58. The summed E-state index contributed by atoms with van der Waals surface area (Å²) >= 11 is 0. The summed E-state index contributed by atoms with van der Waals surface area (Å²) in [6.07, 6.45) is 0.687. The lowest BCUT2D eigenvalue weighted by Gasteiger charge is -2.38. The van der Waals surface area contributed by atoms with Crippen molar-refractivity contribution in [2.45, 2.75) is 38.5 Å². The molecule has 1 amide bonds. The van der Waals surface area contributed by atoms with Crippen LogP contribution in [0.15, 0.2) is 42.5 Å². The Kier molecular flexibility index (Phi) is 5.97. The maximum Gasteiger partial charge on any atom is 0.251 e. The van der Waals surface area contributed by atoms with E-state index in [-0.39, 0.29) is 17.6 Å². The van der Waals surface area contributed by atoms with E-state index in [0.717, 1.165) is 55.5 Å². The molecule has 1 fully saturated rings. The van der Waals surface area contributed by atoms with Gasteiger partial charge in [0.2, 0.25) is 0 Å². The third-order valence-corrected chi connectivity index (χ3v) is 5.68. The van der Waals surface area contributed by atoms with Gasteiger partial charge in [-0.2, -0.15) is 0 Å². The van der Waals surface area contributed by atoms with Gasteiger partial charge in [-0.1, -0.05) is 12.1 Å². The molecule has 0 aromatic heterocycles. The monoisotopic (exact) mass is 410 g/mol. The van der Waals surface area contributed by atoms with Crippen molar-refractivity contribution >= 4 is 5.91 Å². The van der Waals surface area contributed by atoms with Gasteiger partial charge in [0.1, 0.15) is 17.1 Å². The molecule has 2 heterocycles. The quantitative estimate of drug-likeness (QED) is 0.817. The van der Waals surface area contributed by atoms with Crippen molar-refractivity contribution in [1.29, 1.82) is 0 Å². The molecule has 6 heteroatoms. The summed E-state index contributed by atoms with van der Waals surface area (Å²) in [4.78, 5) is 15.5. The first-order chi connectivity index (χ1) is 14.4. The number of ether oxygens (including phenoxy) is 3. The lowest BCUT2D eigenvalue weighted by molar-refractivity contribution is 0.0341. The van der Waals surface area contributed by atoms with Crippen molar-refractivity contribution in [2.24, 2.45) is 0 Å². The van der Waals surface area contributed by atoms with E-state index in [1.807, 2.05) is 50.2 Å². The van der Waals surface area contributed by atoms with Crippen LogP contribution < -0.4 is 14.8 Å². The minimum Gasteiger partial charge on any atom is -0.497 e. The summed E-state index contributed by atoms with van der Waals surface area (Å²) in [5.41, 5.74) is 2.40. The Bertz CT molecular complexity index is 906. The van der Waals surface area contributed by atoms with Crippen molar-refractivity contribution in [2.75, 3.05) is 33.4 Å². The minimum atomic E-state index is -0.363. The van der Waals surface area contributed by atoms with Gasteiger partial charge in [-0.15, -0.1) is 0 Å². The number of amides is 1. The molecule has 4 rings (SSSR count). The molecule has 0 saturated carbocycles. The van der Waals surface area contributed by atoms with E-state index < -0.39 is 0 Å². The molecule has 1 saturated heterocycles. The number of morpholine rings is 1. The summed E-state index contributed by atoms with van der Waals surface area (Å²) < 4.78 is 16.9. The number of methoxy groups -OCH3 is 1. The fourth-order valence-electron chi connectivity index (χ4n) is 4.16. The van der Waals surface area contributed by atoms with Gasteiger partial charge in [0.25, 0.3) is 5.91 Å². The van der Waals surface area contributed by atoms with E-state index in [0.29, 0.717) is 12.0 Å². The van der Waals surface area contributed by atoms with Crippen molar-refractivity contribution in [3.63, 3.8) is 0 Å². The number of carbonyl (C=O) groups is 1. The first kappa shape index (κ1) is 20.7. The van der Waals surface area contributed by atoms with Gasteiger partial charge in [0.15, 0.2) is 0 Å². The summed E-state index contributed by atoms with van der Waals surface area (Å²) in [6.45, 7) is 8.29. The highest BCUT2D eigenvalue weighted by atomic mass is 16.5. The molecule has 2 aliphatic heterocycles. The highest BCUT2D eigenvalue weighted by Crippen LogP contribution is 2.41. The molecule has 2 aromatic rings. The van der Waals surface area contributed by atoms with Crippen molar-refractivity contribution in [1.82, 2.24) is 10.2 Å². The van der Waals surface area contributed by atoms with Gasteiger partial charge in [-0.25, -0.2) is 0 Å². The molecule has 0 spiro atoms. The van der Waals surface area contributed by atoms with Crippen LogP contribution in [0.5, 0.6) is 11.5 Å². The molecule has 6 nitrogen and oxygen atoms in total. The lowest BCUT2D eigenvalue weighted by atomic mass is 9.89. The highest BCUT2D eigenvalue weighted by molar-refractivity contribution is 5.94. The number of carbonyl (C=O) groups excluding carboxylic acids is 1. The third kappa shape index (κ3) is 4.77. The van der Waals surface area contributed by atoms with Crippen LogP contribution in [0, 0.1) is 0 Å². The van der Waals surface area contributed by atoms with E-state index in [2.05, 4.69) is 16.3 Å². The Balaban J connectivity index is 1.51. The van der Waals surface area contributed by atoms with Gasteiger partial charge in [-0.05, 0) is 49.7 Å². The van der Waals surface area contributed by atoms with Crippen molar-refractivity contribution in [3.05, 3.63) is 59.2 Å². The van der Waals surface area contributed by atoms with E-state index in [1.165, 1.54) is 0 Å². The number of nitrogens with zero attached hydrogens (tertiary/aromatic N) is 1. The standard InChI is InChI=1S/C24H30N2O4/c1-24(2)15-21(20-14-19(28-3)7-8-22(20)30-24)25-23(27)18-6-4-5-17(13-18)16-26-9-11-29-12-10-26/h4-8,13-14,21H,9-12,15-16H2,1-3H3,(H,25,27)/t21-/m0/s1. The first-order valence-electron chi connectivity index (χ1n) is 10.5. The second kappa shape index (κ2) is 8.66. The Morgan fingerprint density at radius 1 is 1.20 bits per heavy atom. The molecule has 2 aliphatic rings. The van der Waals surface area contributed by atoms with Crippen LogP contribution >= 0.6 is 0 Å². The van der Waals surface area contributed by atoms with Crippen LogP contribution in [-0.2, 0) is 11.3 Å². The van der Waals surface area contributed by atoms with E-state index in [1.54, 1.807) is 7.11 Å². The summed E-state index contributed by atoms with van der Waals surface area (Å²) in [5.74, 6) is 1.47. The molecule has 0 unspecified atom stereocenters. The Labute approximate surface area is 178 Å². The Morgan fingerprint density at radius 2 is 2.00 bits per heavy atom. The van der Waals surface area contributed by atoms with Crippen LogP contribution in [0.1, 0.15) is 47.8 Å². The largest absolute Gasteiger partial charge is 0.497 e. The van der Waals surface area contributed by atoms with Gasteiger partial charge in [-0.3, -0.25) is 9.69 Å². The normalized spacial score (nSPS) is 20.7. The lowest BCUT2D eigenvalue weighted by Crippen LogP contribution is -2.41. The molecule has 1 atom stereocenters. The zero-order valence-electron chi connectivity index (χ0n) is 17.9. The summed E-state index contributed by atoms with van der Waals surface area (Å²) in [6, 6.07) is 13.5. The van der Waals surface area contributed by atoms with Gasteiger partial charge in [0, 0.05) is 37.2 Å². The topological polar surface area (TPSA) is 60.0 Å². The fraction of sp³-hybridized carbons (Fsp3) is 0.458. The zero-order chi connectivity index (χ0) is 21.1. The second-order valence-electron chi connectivity index (χ2n) is 8.58. The molecule has 0 aliphatic carbocycles. The smallest absolute Gasteiger partial charge is 0.251 e. The van der Waals surface area contributed by atoms with Crippen LogP contribution in [0.4, 0.5) is 0 Å². The minimum absolute atomic E-state index is 0.0738. The molecule has 160 valence electrons. The zero-order valence-corrected chi connectivity index (χ0v) is 17.9. The highest BCUT2D eigenvalue weighted by Gasteiger charge is 2.35. The van der Waals surface area contributed by atoms with Crippen LogP contribution in [-0.4, -0.2) is 49.8 Å². The average Bonchev–Trinajstić information content (AvgIpc) is 2.73. The van der Waals surface area contributed by atoms with E-state index in [9.17, 15) is 4.79 Å². The van der Waals surface area contributed by atoms with E-state index >= 15 is 0 Å². The first-order valence-corrected chi connectivity index (χ1v) is 10.5. The number of hydrogen-bond acceptors (Lipinski definition) is 5. The summed E-state index contributed by atoms with van der Waals surface area (Å²) in [5, 5.41) is 3.22. The predicted molar refractivity (Wildman–Crippen MR) is 115 cm³/mol. The van der Waals surface area contributed by atoms with Crippen LogP contribution in [0.2, 0.25) is 0 Å². The van der Waals surface area contributed by atoms with Crippen molar-refractivity contribution < 1.29 is 19.0 Å². The van der Waals surface area contributed by atoms with Gasteiger partial charge < -0.3 is 19.5 Å².